The third kappa shape index (κ3) is 2.83. The van der Waals surface area contributed by atoms with Crippen molar-refractivity contribution in [1.82, 2.24) is 10.2 Å². The SMILES string of the molecule is C#C[C@@H]1CN2CC[C@H]1C[C@@H]2CNCc1ccccc1. The second kappa shape index (κ2) is 5.77. The van der Waals surface area contributed by atoms with Crippen molar-refractivity contribution in [3.05, 3.63) is 35.9 Å². The molecule has 1 unspecified atom stereocenters. The summed E-state index contributed by atoms with van der Waals surface area (Å²) in [6.07, 6.45) is 8.19. The van der Waals surface area contributed by atoms with E-state index in [0.29, 0.717) is 12.0 Å². The van der Waals surface area contributed by atoms with E-state index in [1.165, 1.54) is 24.9 Å². The summed E-state index contributed by atoms with van der Waals surface area (Å²) < 4.78 is 0. The van der Waals surface area contributed by atoms with E-state index in [9.17, 15) is 0 Å². The van der Waals surface area contributed by atoms with E-state index in [0.717, 1.165) is 25.6 Å². The first-order chi connectivity index (χ1) is 9.36. The minimum atomic E-state index is 0.499. The molecule has 3 saturated heterocycles. The number of nitrogens with zero attached hydrogens (tertiary/aromatic N) is 1. The van der Waals surface area contributed by atoms with Gasteiger partial charge in [0, 0.05) is 31.6 Å². The van der Waals surface area contributed by atoms with Crippen LogP contribution in [0, 0.1) is 24.2 Å². The number of rotatable bonds is 4. The van der Waals surface area contributed by atoms with Crippen LogP contribution < -0.4 is 5.32 Å². The minimum absolute atomic E-state index is 0.499. The zero-order valence-electron chi connectivity index (χ0n) is 11.4. The van der Waals surface area contributed by atoms with Crippen molar-refractivity contribution in [2.24, 2.45) is 11.8 Å². The zero-order chi connectivity index (χ0) is 13.1. The Bertz CT molecular complexity index is 448. The molecule has 3 heterocycles. The molecule has 1 N–H and O–H groups in total. The molecule has 0 amide bonds. The highest BCUT2D eigenvalue weighted by atomic mass is 15.2. The molecule has 19 heavy (non-hydrogen) atoms. The summed E-state index contributed by atoms with van der Waals surface area (Å²) in [6.45, 7) is 4.40. The highest BCUT2D eigenvalue weighted by Gasteiger charge is 2.38. The van der Waals surface area contributed by atoms with Crippen LogP contribution in [0.2, 0.25) is 0 Å². The van der Waals surface area contributed by atoms with Crippen LogP contribution >= 0.6 is 0 Å². The van der Waals surface area contributed by atoms with Crippen LogP contribution in [0.25, 0.3) is 0 Å². The Morgan fingerprint density at radius 1 is 1.32 bits per heavy atom. The van der Waals surface area contributed by atoms with Crippen molar-refractivity contribution in [3.8, 4) is 12.3 Å². The van der Waals surface area contributed by atoms with E-state index in [2.05, 4.69) is 46.5 Å². The fourth-order valence-corrected chi connectivity index (χ4v) is 3.52. The molecule has 4 rings (SSSR count). The van der Waals surface area contributed by atoms with Gasteiger partial charge in [0.05, 0.1) is 0 Å². The standard InChI is InChI=1S/C17H22N2/c1-2-15-13-19-9-8-16(15)10-17(19)12-18-11-14-6-4-3-5-7-14/h1,3-7,15-18H,8-13H2/t15-,16+,17-/m1/s1. The van der Waals surface area contributed by atoms with Crippen molar-refractivity contribution in [2.45, 2.75) is 25.4 Å². The maximum absolute atomic E-state index is 5.62. The molecule has 0 radical (unpaired) electrons. The molecule has 1 aromatic carbocycles. The van der Waals surface area contributed by atoms with Gasteiger partial charge in [-0.2, -0.15) is 0 Å². The first-order valence-corrected chi connectivity index (χ1v) is 7.31. The molecular weight excluding hydrogens is 232 g/mol. The van der Waals surface area contributed by atoms with Gasteiger partial charge in [0.25, 0.3) is 0 Å². The number of benzene rings is 1. The summed E-state index contributed by atoms with van der Waals surface area (Å²) in [7, 11) is 0. The van der Waals surface area contributed by atoms with Crippen LogP contribution in [0.3, 0.4) is 0 Å². The van der Waals surface area contributed by atoms with Gasteiger partial charge < -0.3 is 5.32 Å². The predicted molar refractivity (Wildman–Crippen MR) is 78.6 cm³/mol. The molecule has 3 fully saturated rings. The molecule has 3 aliphatic heterocycles. The van der Waals surface area contributed by atoms with Gasteiger partial charge >= 0.3 is 0 Å². The summed E-state index contributed by atoms with van der Waals surface area (Å²) in [6, 6.07) is 11.3. The molecule has 100 valence electrons. The second-order valence-corrected chi connectivity index (χ2v) is 5.82. The predicted octanol–water partition coefficient (Wildman–Crippen LogP) is 2.12. The third-order valence-corrected chi connectivity index (χ3v) is 4.64. The monoisotopic (exact) mass is 254 g/mol. The lowest BCUT2D eigenvalue weighted by Gasteiger charge is -2.48. The Labute approximate surface area is 116 Å². The van der Waals surface area contributed by atoms with Gasteiger partial charge in [0.2, 0.25) is 0 Å². The quantitative estimate of drug-likeness (QED) is 0.828. The molecule has 0 spiro atoms. The molecule has 4 atom stereocenters. The normalized spacial score (nSPS) is 33.0. The first-order valence-electron chi connectivity index (χ1n) is 7.31. The van der Waals surface area contributed by atoms with E-state index >= 15 is 0 Å². The number of nitrogens with one attached hydrogen (secondary N) is 1. The average molecular weight is 254 g/mol. The Morgan fingerprint density at radius 2 is 2.16 bits per heavy atom. The Morgan fingerprint density at radius 3 is 2.84 bits per heavy atom. The van der Waals surface area contributed by atoms with Crippen molar-refractivity contribution in [1.29, 1.82) is 0 Å². The molecule has 1 aromatic rings. The van der Waals surface area contributed by atoms with Crippen LogP contribution in [-0.2, 0) is 6.54 Å². The van der Waals surface area contributed by atoms with Crippen molar-refractivity contribution < 1.29 is 0 Å². The number of fused-ring (bicyclic) bond motifs is 3. The van der Waals surface area contributed by atoms with Crippen LogP contribution in [0.1, 0.15) is 18.4 Å². The summed E-state index contributed by atoms with van der Waals surface area (Å²) in [5.74, 6) is 4.24. The number of hydrogen-bond donors (Lipinski definition) is 1. The first kappa shape index (κ1) is 12.7. The van der Waals surface area contributed by atoms with Crippen LogP contribution in [0.4, 0.5) is 0 Å². The van der Waals surface area contributed by atoms with Crippen LogP contribution in [0.5, 0.6) is 0 Å². The lowest BCUT2D eigenvalue weighted by molar-refractivity contribution is 0.0227. The average Bonchev–Trinajstić information content (AvgIpc) is 2.49. The Hall–Kier alpha value is -1.30. The topological polar surface area (TPSA) is 15.3 Å². The molecule has 2 heteroatoms. The van der Waals surface area contributed by atoms with Gasteiger partial charge in [-0.15, -0.1) is 12.3 Å². The van der Waals surface area contributed by atoms with E-state index in [4.69, 9.17) is 6.42 Å². The lowest BCUT2D eigenvalue weighted by atomic mass is 9.76. The third-order valence-electron chi connectivity index (χ3n) is 4.64. The van der Waals surface area contributed by atoms with E-state index in [1.807, 2.05) is 0 Å². The van der Waals surface area contributed by atoms with Crippen molar-refractivity contribution >= 4 is 0 Å². The molecule has 0 saturated carbocycles. The number of piperidine rings is 3. The fourth-order valence-electron chi connectivity index (χ4n) is 3.52. The second-order valence-electron chi connectivity index (χ2n) is 5.82. The highest BCUT2D eigenvalue weighted by Crippen LogP contribution is 2.35. The smallest absolute Gasteiger partial charge is 0.0356 e. The molecule has 0 aromatic heterocycles. The van der Waals surface area contributed by atoms with Crippen LogP contribution in [-0.4, -0.2) is 30.6 Å². The Kier molecular flexibility index (Phi) is 3.87. The molecular formula is C17H22N2. The molecule has 3 aliphatic rings. The number of terminal acetylenes is 1. The maximum Gasteiger partial charge on any atom is 0.0356 e. The maximum atomic E-state index is 5.62. The summed E-state index contributed by atoms with van der Waals surface area (Å²) >= 11 is 0. The van der Waals surface area contributed by atoms with Crippen molar-refractivity contribution in [3.63, 3.8) is 0 Å². The molecule has 2 nitrogen and oxygen atoms in total. The summed E-state index contributed by atoms with van der Waals surface area (Å²) in [5, 5.41) is 3.60. The van der Waals surface area contributed by atoms with E-state index < -0.39 is 0 Å². The molecule has 2 bridgehead atoms. The van der Waals surface area contributed by atoms with Gasteiger partial charge in [-0.1, -0.05) is 30.3 Å². The molecule has 0 aliphatic carbocycles. The zero-order valence-corrected chi connectivity index (χ0v) is 11.4. The summed E-state index contributed by atoms with van der Waals surface area (Å²) in [5.41, 5.74) is 1.36. The summed E-state index contributed by atoms with van der Waals surface area (Å²) in [4.78, 5) is 2.59. The van der Waals surface area contributed by atoms with Gasteiger partial charge in [-0.05, 0) is 30.9 Å². The van der Waals surface area contributed by atoms with Gasteiger partial charge in [-0.3, -0.25) is 4.90 Å². The van der Waals surface area contributed by atoms with E-state index in [1.54, 1.807) is 0 Å². The van der Waals surface area contributed by atoms with Crippen molar-refractivity contribution in [2.75, 3.05) is 19.6 Å². The van der Waals surface area contributed by atoms with E-state index in [-0.39, 0.29) is 0 Å². The Balaban J connectivity index is 1.49. The van der Waals surface area contributed by atoms with Gasteiger partial charge in [0.1, 0.15) is 0 Å². The van der Waals surface area contributed by atoms with Gasteiger partial charge in [-0.25, -0.2) is 0 Å². The lowest BCUT2D eigenvalue weighted by Crippen LogP contribution is -2.55. The fraction of sp³-hybridized carbons (Fsp3) is 0.529. The minimum Gasteiger partial charge on any atom is -0.311 e. The van der Waals surface area contributed by atoms with Gasteiger partial charge in [0.15, 0.2) is 0 Å². The van der Waals surface area contributed by atoms with Crippen LogP contribution in [0.15, 0.2) is 30.3 Å². The highest BCUT2D eigenvalue weighted by molar-refractivity contribution is 5.14. The largest absolute Gasteiger partial charge is 0.311 e. The number of hydrogen-bond acceptors (Lipinski definition) is 2.